The zero-order chi connectivity index (χ0) is 10.4. The molecule has 0 unspecified atom stereocenters. The summed E-state index contributed by atoms with van der Waals surface area (Å²) in [5.41, 5.74) is 0. The highest BCUT2D eigenvalue weighted by molar-refractivity contribution is 4.75. The summed E-state index contributed by atoms with van der Waals surface area (Å²) in [6.45, 7) is 6.00. The summed E-state index contributed by atoms with van der Waals surface area (Å²) in [5, 5.41) is 9.25. The average molecular weight is 189 g/mol. The molecule has 0 aromatic heterocycles. The van der Waals surface area contributed by atoms with Crippen molar-refractivity contribution in [2.45, 2.75) is 52.0 Å². The number of nitrogens with zero attached hydrogens (tertiary/aromatic N) is 1. The van der Waals surface area contributed by atoms with Crippen molar-refractivity contribution < 1.29 is 9.84 Å². The summed E-state index contributed by atoms with van der Waals surface area (Å²) in [4.78, 5) is 2.14. The Bertz CT molecular complexity index is 118. The van der Waals surface area contributed by atoms with Crippen molar-refractivity contribution in [1.29, 1.82) is 0 Å². The van der Waals surface area contributed by atoms with Crippen molar-refractivity contribution in [3.05, 3.63) is 0 Å². The van der Waals surface area contributed by atoms with E-state index in [1.165, 1.54) is 0 Å². The molecule has 3 nitrogen and oxygen atoms in total. The first-order valence-corrected chi connectivity index (χ1v) is 5.09. The van der Waals surface area contributed by atoms with Gasteiger partial charge in [0.2, 0.25) is 0 Å². The lowest BCUT2D eigenvalue weighted by molar-refractivity contribution is -0.172. The molecule has 1 aliphatic rings. The lowest BCUT2D eigenvalue weighted by Crippen LogP contribution is -2.41. The number of rotatable bonds is 1. The largest absolute Gasteiger partial charge is 0.368 e. The van der Waals surface area contributed by atoms with Crippen LogP contribution >= 0.6 is 0 Å². The third kappa shape index (κ3) is 4.60. The first kappa shape index (κ1) is 12.9. The third-order valence-corrected chi connectivity index (χ3v) is 2.20. The van der Waals surface area contributed by atoms with Gasteiger partial charge in [-0.15, -0.1) is 0 Å². The lowest BCUT2D eigenvalue weighted by atomic mass is 10.0. The maximum Gasteiger partial charge on any atom is 0.156 e. The fourth-order valence-electron chi connectivity index (χ4n) is 1.51. The molecule has 0 aliphatic carbocycles. The topological polar surface area (TPSA) is 32.7 Å². The van der Waals surface area contributed by atoms with E-state index in [0.717, 1.165) is 12.8 Å². The molecule has 1 N–H and O–H groups in total. The molecule has 0 aromatic rings. The SMILES string of the molecule is CC.C[C@@H]1C[C@H](N(C)C)C[C@H](O)O1. The predicted molar refractivity (Wildman–Crippen MR) is 54.6 cm³/mol. The van der Waals surface area contributed by atoms with Crippen LogP contribution < -0.4 is 0 Å². The summed E-state index contributed by atoms with van der Waals surface area (Å²) < 4.78 is 5.20. The second-order valence-corrected chi connectivity index (χ2v) is 3.49. The molecule has 3 atom stereocenters. The number of aliphatic hydroxyl groups is 1. The maximum absolute atomic E-state index is 9.25. The van der Waals surface area contributed by atoms with Crippen molar-refractivity contribution in [1.82, 2.24) is 4.90 Å². The van der Waals surface area contributed by atoms with Crippen molar-refractivity contribution >= 4 is 0 Å². The quantitative estimate of drug-likeness (QED) is 0.678. The molecule has 1 aliphatic heterocycles. The Hall–Kier alpha value is -0.120. The minimum Gasteiger partial charge on any atom is -0.368 e. The minimum atomic E-state index is -0.564. The Morgan fingerprint density at radius 2 is 1.77 bits per heavy atom. The van der Waals surface area contributed by atoms with Gasteiger partial charge >= 0.3 is 0 Å². The second-order valence-electron chi connectivity index (χ2n) is 3.49. The van der Waals surface area contributed by atoms with Crippen LogP contribution in [0, 0.1) is 0 Å². The molecule has 13 heavy (non-hydrogen) atoms. The minimum absolute atomic E-state index is 0.186. The van der Waals surface area contributed by atoms with E-state index in [2.05, 4.69) is 4.90 Å². The highest BCUT2D eigenvalue weighted by atomic mass is 16.6. The van der Waals surface area contributed by atoms with Crippen LogP contribution in [0.3, 0.4) is 0 Å². The van der Waals surface area contributed by atoms with E-state index in [4.69, 9.17) is 4.74 Å². The van der Waals surface area contributed by atoms with Crippen LogP contribution in [0.15, 0.2) is 0 Å². The number of hydrogen-bond acceptors (Lipinski definition) is 3. The monoisotopic (exact) mass is 189 g/mol. The fourth-order valence-corrected chi connectivity index (χ4v) is 1.51. The van der Waals surface area contributed by atoms with E-state index in [9.17, 15) is 5.11 Å². The zero-order valence-corrected chi connectivity index (χ0v) is 9.45. The van der Waals surface area contributed by atoms with Gasteiger partial charge in [0, 0.05) is 12.5 Å². The highest BCUT2D eigenvalue weighted by Gasteiger charge is 2.26. The summed E-state index contributed by atoms with van der Waals surface area (Å²) in [7, 11) is 4.07. The van der Waals surface area contributed by atoms with E-state index in [1.807, 2.05) is 34.9 Å². The van der Waals surface area contributed by atoms with Crippen molar-refractivity contribution in [2.24, 2.45) is 0 Å². The van der Waals surface area contributed by atoms with E-state index in [-0.39, 0.29) is 6.10 Å². The van der Waals surface area contributed by atoms with Gasteiger partial charge in [0.05, 0.1) is 6.10 Å². The van der Waals surface area contributed by atoms with Crippen LogP contribution in [0.1, 0.15) is 33.6 Å². The van der Waals surface area contributed by atoms with Crippen LogP contribution in [0.2, 0.25) is 0 Å². The fraction of sp³-hybridized carbons (Fsp3) is 1.00. The third-order valence-electron chi connectivity index (χ3n) is 2.20. The Labute approximate surface area is 81.7 Å². The summed E-state index contributed by atoms with van der Waals surface area (Å²) in [6.07, 6.45) is 1.37. The maximum atomic E-state index is 9.25. The number of aliphatic hydroxyl groups excluding tert-OH is 1. The zero-order valence-electron chi connectivity index (χ0n) is 9.45. The van der Waals surface area contributed by atoms with Gasteiger partial charge in [0.25, 0.3) is 0 Å². The standard InChI is InChI=1S/C8H17NO2.C2H6/c1-6-4-7(9(2)3)5-8(10)11-6;1-2/h6-8,10H,4-5H2,1-3H3;1-2H3/t6-,7+,8-;/m1./s1. The first-order chi connectivity index (χ1) is 6.09. The summed E-state index contributed by atoms with van der Waals surface area (Å²) >= 11 is 0. The molecule has 0 bridgehead atoms. The van der Waals surface area contributed by atoms with E-state index >= 15 is 0 Å². The normalized spacial score (nSPS) is 33.9. The molecule has 1 saturated heterocycles. The molecular weight excluding hydrogens is 166 g/mol. The molecule has 1 fully saturated rings. The Balaban J connectivity index is 0.000000671. The highest BCUT2D eigenvalue weighted by Crippen LogP contribution is 2.20. The van der Waals surface area contributed by atoms with Crippen LogP contribution in [0.5, 0.6) is 0 Å². The van der Waals surface area contributed by atoms with Crippen molar-refractivity contribution in [3.63, 3.8) is 0 Å². The van der Waals surface area contributed by atoms with Crippen LogP contribution in [-0.2, 0) is 4.74 Å². The van der Waals surface area contributed by atoms with E-state index in [1.54, 1.807) is 0 Å². The summed E-state index contributed by atoms with van der Waals surface area (Å²) in [5.74, 6) is 0. The molecule has 0 aromatic carbocycles. The van der Waals surface area contributed by atoms with Gasteiger partial charge in [-0.3, -0.25) is 0 Å². The number of ether oxygens (including phenoxy) is 1. The van der Waals surface area contributed by atoms with Crippen molar-refractivity contribution in [3.8, 4) is 0 Å². The van der Waals surface area contributed by atoms with Gasteiger partial charge in [-0.05, 0) is 27.4 Å². The second kappa shape index (κ2) is 6.35. The van der Waals surface area contributed by atoms with Gasteiger partial charge in [0.15, 0.2) is 6.29 Å². The van der Waals surface area contributed by atoms with Gasteiger partial charge in [-0.1, -0.05) is 13.8 Å². The molecule has 0 radical (unpaired) electrons. The molecule has 0 amide bonds. The molecular formula is C10H23NO2. The van der Waals surface area contributed by atoms with Gasteiger partial charge in [-0.25, -0.2) is 0 Å². The Morgan fingerprint density at radius 3 is 2.15 bits per heavy atom. The van der Waals surface area contributed by atoms with Gasteiger partial charge in [0.1, 0.15) is 0 Å². The molecule has 0 spiro atoms. The smallest absolute Gasteiger partial charge is 0.156 e. The molecule has 1 heterocycles. The lowest BCUT2D eigenvalue weighted by Gasteiger charge is -2.34. The molecule has 80 valence electrons. The molecule has 0 saturated carbocycles. The van der Waals surface area contributed by atoms with E-state index < -0.39 is 6.29 Å². The van der Waals surface area contributed by atoms with Crippen LogP contribution in [-0.4, -0.2) is 42.5 Å². The number of hydrogen-bond donors (Lipinski definition) is 1. The Morgan fingerprint density at radius 1 is 1.23 bits per heavy atom. The first-order valence-electron chi connectivity index (χ1n) is 5.09. The molecule has 1 rings (SSSR count). The van der Waals surface area contributed by atoms with Gasteiger partial charge < -0.3 is 14.7 Å². The molecule has 3 heteroatoms. The predicted octanol–water partition coefficient (Wildman–Crippen LogP) is 1.46. The van der Waals surface area contributed by atoms with E-state index in [0.29, 0.717) is 6.04 Å². The Kier molecular flexibility index (Phi) is 6.29. The average Bonchev–Trinajstić information content (AvgIpc) is 2.06. The summed E-state index contributed by atoms with van der Waals surface area (Å²) in [6, 6.07) is 0.466. The van der Waals surface area contributed by atoms with Gasteiger partial charge in [-0.2, -0.15) is 0 Å². The van der Waals surface area contributed by atoms with Crippen molar-refractivity contribution in [2.75, 3.05) is 14.1 Å². The van der Waals surface area contributed by atoms with Crippen LogP contribution in [0.4, 0.5) is 0 Å². The van der Waals surface area contributed by atoms with Crippen LogP contribution in [0.25, 0.3) is 0 Å².